The number of carbonyl (C=O) groups excluding carboxylic acids is 2. The average molecular weight is 470 g/mol. The van der Waals surface area contributed by atoms with E-state index in [-0.39, 0.29) is 18.8 Å². The first-order chi connectivity index (χ1) is 14.3. The predicted octanol–water partition coefficient (Wildman–Crippen LogP) is 5.24. The molecule has 1 aliphatic rings. The Bertz CT molecular complexity index is 1010. The lowest BCUT2D eigenvalue weighted by Gasteiger charge is -2.34. The van der Waals surface area contributed by atoms with E-state index in [0.29, 0.717) is 32.1 Å². The third-order valence-electron chi connectivity index (χ3n) is 4.52. The van der Waals surface area contributed by atoms with Gasteiger partial charge < -0.3 is 14.8 Å². The number of carbonyl (C=O) groups is 2. The van der Waals surface area contributed by atoms with Crippen LogP contribution in [0.25, 0.3) is 0 Å². The Kier molecular flexibility index (Phi) is 7.13. The summed E-state index contributed by atoms with van der Waals surface area (Å²) in [5.41, 5.74) is 1.21. The van der Waals surface area contributed by atoms with Gasteiger partial charge in [-0.1, -0.05) is 46.9 Å². The maximum absolute atomic E-state index is 12.9. The van der Waals surface area contributed by atoms with Crippen molar-refractivity contribution in [1.29, 1.82) is 0 Å². The smallest absolute Gasteiger partial charge is 0.338 e. The summed E-state index contributed by atoms with van der Waals surface area (Å²) < 4.78 is 11.1. The van der Waals surface area contributed by atoms with E-state index < -0.39 is 18.0 Å². The first-order valence-electron chi connectivity index (χ1n) is 9.09. The van der Waals surface area contributed by atoms with Crippen LogP contribution in [0.4, 0.5) is 4.79 Å². The van der Waals surface area contributed by atoms with E-state index in [1.54, 1.807) is 56.4 Å². The van der Waals surface area contributed by atoms with E-state index >= 15 is 0 Å². The van der Waals surface area contributed by atoms with E-state index in [1.165, 1.54) is 4.90 Å². The van der Waals surface area contributed by atoms with Crippen LogP contribution in [-0.2, 0) is 9.53 Å². The van der Waals surface area contributed by atoms with Crippen molar-refractivity contribution >= 4 is 46.8 Å². The minimum absolute atomic E-state index is 0.0454. The highest BCUT2D eigenvalue weighted by atomic mass is 35.5. The molecular formula is C21H19Cl3N2O4. The third-order valence-corrected chi connectivity index (χ3v) is 5.49. The Morgan fingerprint density at radius 2 is 1.90 bits per heavy atom. The van der Waals surface area contributed by atoms with Crippen LogP contribution in [0.1, 0.15) is 18.5 Å². The van der Waals surface area contributed by atoms with E-state index in [1.807, 2.05) is 0 Å². The SMILES string of the molecule is CCOC(=O)C1=C(COc2cccc(Cl)c2)N(C)C(=O)N[C@@H]1c1ccc(Cl)c(Cl)c1. The Morgan fingerprint density at radius 3 is 2.57 bits per heavy atom. The molecule has 6 nitrogen and oxygen atoms in total. The van der Waals surface area contributed by atoms with E-state index in [0.717, 1.165) is 0 Å². The highest BCUT2D eigenvalue weighted by Crippen LogP contribution is 2.34. The summed E-state index contributed by atoms with van der Waals surface area (Å²) in [7, 11) is 1.55. The number of esters is 1. The number of benzene rings is 2. The molecule has 1 aliphatic heterocycles. The molecule has 3 rings (SSSR count). The molecule has 1 heterocycles. The van der Waals surface area contributed by atoms with Gasteiger partial charge in [-0.15, -0.1) is 0 Å². The summed E-state index contributed by atoms with van der Waals surface area (Å²) in [6.45, 7) is 1.84. The van der Waals surface area contributed by atoms with Crippen molar-refractivity contribution < 1.29 is 19.1 Å². The van der Waals surface area contributed by atoms with Gasteiger partial charge in [0.2, 0.25) is 0 Å². The third kappa shape index (κ3) is 4.83. The quantitative estimate of drug-likeness (QED) is 0.588. The van der Waals surface area contributed by atoms with Crippen LogP contribution >= 0.6 is 34.8 Å². The normalized spacial score (nSPS) is 16.4. The van der Waals surface area contributed by atoms with Crippen LogP contribution < -0.4 is 10.1 Å². The number of rotatable bonds is 6. The number of likely N-dealkylation sites (N-methyl/N-ethyl adjacent to an activating group) is 1. The van der Waals surface area contributed by atoms with Crippen molar-refractivity contribution in [2.75, 3.05) is 20.3 Å². The van der Waals surface area contributed by atoms with Gasteiger partial charge in [-0.3, -0.25) is 4.90 Å². The topological polar surface area (TPSA) is 67.9 Å². The summed E-state index contributed by atoms with van der Waals surface area (Å²) in [5, 5.41) is 3.99. The van der Waals surface area contributed by atoms with Gasteiger partial charge in [-0.25, -0.2) is 9.59 Å². The second-order valence-corrected chi connectivity index (χ2v) is 7.69. The molecule has 0 radical (unpaired) electrons. The second kappa shape index (κ2) is 9.60. The lowest BCUT2D eigenvalue weighted by Crippen LogP contribution is -2.48. The zero-order valence-corrected chi connectivity index (χ0v) is 18.5. The molecule has 30 heavy (non-hydrogen) atoms. The van der Waals surface area contributed by atoms with Crippen LogP contribution in [0.5, 0.6) is 5.75 Å². The van der Waals surface area contributed by atoms with Crippen molar-refractivity contribution in [3.05, 3.63) is 74.4 Å². The van der Waals surface area contributed by atoms with Crippen molar-refractivity contribution in [3.63, 3.8) is 0 Å². The number of ether oxygens (including phenoxy) is 2. The van der Waals surface area contributed by atoms with E-state index in [2.05, 4.69) is 5.32 Å². The maximum atomic E-state index is 12.9. The zero-order valence-electron chi connectivity index (χ0n) is 16.2. The van der Waals surface area contributed by atoms with Crippen LogP contribution in [0, 0.1) is 0 Å². The van der Waals surface area contributed by atoms with Crippen LogP contribution in [-0.4, -0.2) is 37.2 Å². The van der Waals surface area contributed by atoms with Crippen LogP contribution in [0.15, 0.2) is 53.7 Å². The summed E-state index contributed by atoms with van der Waals surface area (Å²) in [6, 6.07) is 10.6. The summed E-state index contributed by atoms with van der Waals surface area (Å²) in [4.78, 5) is 26.8. The molecule has 2 aromatic carbocycles. The standard InChI is InChI=1S/C21H19Cl3N2O4/c1-3-29-20(27)18-17(11-30-14-6-4-5-13(22)10-14)26(2)21(28)25-19(18)12-7-8-15(23)16(24)9-12/h4-10,19H,3,11H2,1-2H3,(H,25,28)/t19-/m1/s1. The predicted molar refractivity (Wildman–Crippen MR) is 116 cm³/mol. The molecule has 0 aliphatic carbocycles. The van der Waals surface area contributed by atoms with Gasteiger partial charge >= 0.3 is 12.0 Å². The first-order valence-corrected chi connectivity index (χ1v) is 10.2. The van der Waals surface area contributed by atoms with Gasteiger partial charge in [0.1, 0.15) is 12.4 Å². The molecule has 0 bridgehead atoms. The Balaban J connectivity index is 2.05. The molecule has 2 amide bonds. The minimum Gasteiger partial charge on any atom is -0.487 e. The van der Waals surface area contributed by atoms with Gasteiger partial charge in [0.05, 0.1) is 34.0 Å². The molecule has 2 aromatic rings. The summed E-state index contributed by atoms with van der Waals surface area (Å²) >= 11 is 18.2. The number of hydrogen-bond donors (Lipinski definition) is 1. The second-order valence-electron chi connectivity index (χ2n) is 6.44. The van der Waals surface area contributed by atoms with Crippen molar-refractivity contribution in [1.82, 2.24) is 10.2 Å². The highest BCUT2D eigenvalue weighted by molar-refractivity contribution is 6.42. The molecule has 0 saturated carbocycles. The molecule has 1 N–H and O–H groups in total. The fourth-order valence-corrected chi connectivity index (χ4v) is 3.52. The molecule has 9 heteroatoms. The lowest BCUT2D eigenvalue weighted by atomic mass is 9.94. The molecule has 0 saturated heterocycles. The highest BCUT2D eigenvalue weighted by Gasteiger charge is 2.37. The van der Waals surface area contributed by atoms with Gasteiger partial charge in [0, 0.05) is 12.1 Å². The summed E-state index contributed by atoms with van der Waals surface area (Å²) in [6.07, 6.45) is 0. The number of hydrogen-bond acceptors (Lipinski definition) is 4. The monoisotopic (exact) mass is 468 g/mol. The van der Waals surface area contributed by atoms with Gasteiger partial charge in [0.15, 0.2) is 0 Å². The molecule has 0 spiro atoms. The Morgan fingerprint density at radius 1 is 1.13 bits per heavy atom. The van der Waals surface area contributed by atoms with Gasteiger partial charge in [0.25, 0.3) is 0 Å². The number of amides is 2. The number of urea groups is 1. The fraction of sp³-hybridized carbons (Fsp3) is 0.238. The first kappa shape index (κ1) is 22.3. The molecule has 0 aromatic heterocycles. The van der Waals surface area contributed by atoms with Crippen LogP contribution in [0.3, 0.4) is 0 Å². The Hall–Kier alpha value is -2.41. The zero-order chi connectivity index (χ0) is 21.8. The van der Waals surface area contributed by atoms with Gasteiger partial charge in [-0.2, -0.15) is 0 Å². The number of halogens is 3. The van der Waals surface area contributed by atoms with Crippen LogP contribution in [0.2, 0.25) is 15.1 Å². The largest absolute Gasteiger partial charge is 0.487 e. The van der Waals surface area contributed by atoms with Crippen molar-refractivity contribution in [3.8, 4) is 5.75 Å². The minimum atomic E-state index is -0.777. The molecule has 1 atom stereocenters. The Labute approximate surface area is 189 Å². The van der Waals surface area contributed by atoms with E-state index in [9.17, 15) is 9.59 Å². The number of nitrogens with zero attached hydrogens (tertiary/aromatic N) is 1. The molecule has 0 fully saturated rings. The summed E-state index contributed by atoms with van der Waals surface area (Å²) in [5.74, 6) is -0.0613. The average Bonchev–Trinajstić information content (AvgIpc) is 2.71. The molecule has 0 unspecified atom stereocenters. The maximum Gasteiger partial charge on any atom is 0.338 e. The van der Waals surface area contributed by atoms with Crippen molar-refractivity contribution in [2.24, 2.45) is 0 Å². The van der Waals surface area contributed by atoms with E-state index in [4.69, 9.17) is 44.3 Å². The van der Waals surface area contributed by atoms with Gasteiger partial charge in [-0.05, 0) is 42.8 Å². The molecule has 158 valence electrons. The lowest BCUT2D eigenvalue weighted by molar-refractivity contribution is -0.139. The fourth-order valence-electron chi connectivity index (χ4n) is 3.03. The molecular weight excluding hydrogens is 451 g/mol. The van der Waals surface area contributed by atoms with Crippen molar-refractivity contribution in [2.45, 2.75) is 13.0 Å². The number of nitrogens with one attached hydrogen (secondary N) is 1.